The SMILES string of the molecule is COc1ccc(NC(=O)CSc2nc(=O)n(Cc3cccnc3)c3c2CCC3)c(OC)c1. The molecule has 1 aromatic carbocycles. The van der Waals surface area contributed by atoms with Gasteiger partial charge in [0.05, 0.1) is 32.2 Å². The third-order valence-corrected chi connectivity index (χ3v) is 6.30. The molecule has 1 aliphatic carbocycles. The van der Waals surface area contributed by atoms with Crippen molar-refractivity contribution in [1.29, 1.82) is 0 Å². The number of methoxy groups -OCH3 is 2. The molecule has 32 heavy (non-hydrogen) atoms. The number of benzene rings is 1. The van der Waals surface area contributed by atoms with Crippen molar-refractivity contribution >= 4 is 23.4 Å². The zero-order valence-corrected chi connectivity index (χ0v) is 18.8. The Bertz CT molecular complexity index is 1180. The van der Waals surface area contributed by atoms with Crippen LogP contribution in [0.1, 0.15) is 23.2 Å². The summed E-state index contributed by atoms with van der Waals surface area (Å²) >= 11 is 1.29. The number of anilines is 1. The highest BCUT2D eigenvalue weighted by atomic mass is 32.2. The Morgan fingerprint density at radius 2 is 2.09 bits per heavy atom. The van der Waals surface area contributed by atoms with E-state index in [1.807, 2.05) is 12.1 Å². The Morgan fingerprint density at radius 1 is 1.22 bits per heavy atom. The molecule has 0 bridgehead atoms. The van der Waals surface area contributed by atoms with Gasteiger partial charge >= 0.3 is 5.69 Å². The van der Waals surface area contributed by atoms with Gasteiger partial charge in [-0.05, 0) is 43.0 Å². The average molecular weight is 453 g/mol. The van der Waals surface area contributed by atoms with Gasteiger partial charge in [0.25, 0.3) is 0 Å². The maximum Gasteiger partial charge on any atom is 0.349 e. The second-order valence-electron chi connectivity index (χ2n) is 7.33. The average Bonchev–Trinajstić information content (AvgIpc) is 3.31. The van der Waals surface area contributed by atoms with Gasteiger partial charge in [0.1, 0.15) is 16.5 Å². The van der Waals surface area contributed by atoms with Crippen LogP contribution >= 0.6 is 11.8 Å². The van der Waals surface area contributed by atoms with Crippen LogP contribution < -0.4 is 20.5 Å². The first kappa shape index (κ1) is 21.9. The molecule has 0 unspecified atom stereocenters. The highest BCUT2D eigenvalue weighted by Gasteiger charge is 2.23. The summed E-state index contributed by atoms with van der Waals surface area (Å²) in [6, 6.07) is 8.99. The van der Waals surface area contributed by atoms with Crippen LogP contribution in [0.3, 0.4) is 0 Å². The predicted molar refractivity (Wildman–Crippen MR) is 123 cm³/mol. The molecule has 8 nitrogen and oxygen atoms in total. The van der Waals surface area contributed by atoms with Gasteiger partial charge in [-0.15, -0.1) is 0 Å². The molecule has 1 aliphatic rings. The number of nitrogens with zero attached hydrogens (tertiary/aromatic N) is 3. The number of hydrogen-bond donors (Lipinski definition) is 1. The van der Waals surface area contributed by atoms with Gasteiger partial charge in [-0.25, -0.2) is 4.79 Å². The number of fused-ring (bicyclic) bond motifs is 1. The van der Waals surface area contributed by atoms with Crippen molar-refractivity contribution in [2.45, 2.75) is 30.8 Å². The van der Waals surface area contributed by atoms with E-state index in [-0.39, 0.29) is 17.3 Å². The lowest BCUT2D eigenvalue weighted by Crippen LogP contribution is -2.28. The zero-order valence-electron chi connectivity index (χ0n) is 18.0. The number of rotatable bonds is 8. The number of thioether (sulfide) groups is 1. The topological polar surface area (TPSA) is 95.3 Å². The van der Waals surface area contributed by atoms with Gasteiger partial charge in [0.15, 0.2) is 0 Å². The second-order valence-corrected chi connectivity index (χ2v) is 8.29. The first-order valence-corrected chi connectivity index (χ1v) is 11.2. The van der Waals surface area contributed by atoms with Crippen molar-refractivity contribution < 1.29 is 14.3 Å². The Labute approximate surface area is 190 Å². The van der Waals surface area contributed by atoms with Crippen LogP contribution in [0.25, 0.3) is 0 Å². The van der Waals surface area contributed by atoms with Gasteiger partial charge in [0, 0.05) is 29.7 Å². The molecule has 4 rings (SSSR count). The van der Waals surface area contributed by atoms with E-state index >= 15 is 0 Å². The van der Waals surface area contributed by atoms with Crippen LogP contribution in [0.5, 0.6) is 11.5 Å². The van der Waals surface area contributed by atoms with Gasteiger partial charge in [-0.1, -0.05) is 17.8 Å². The molecule has 2 heterocycles. The molecule has 2 aromatic heterocycles. The Kier molecular flexibility index (Phi) is 6.75. The highest BCUT2D eigenvalue weighted by molar-refractivity contribution is 8.00. The third kappa shape index (κ3) is 4.77. The summed E-state index contributed by atoms with van der Waals surface area (Å²) in [5.41, 5.74) is 3.29. The van der Waals surface area contributed by atoms with E-state index in [0.29, 0.717) is 28.8 Å². The van der Waals surface area contributed by atoms with E-state index in [4.69, 9.17) is 9.47 Å². The lowest BCUT2D eigenvalue weighted by atomic mass is 10.2. The van der Waals surface area contributed by atoms with E-state index in [0.717, 1.165) is 36.1 Å². The minimum Gasteiger partial charge on any atom is -0.497 e. The summed E-state index contributed by atoms with van der Waals surface area (Å²) in [6.45, 7) is 0.449. The number of hydrogen-bond acceptors (Lipinski definition) is 7. The molecule has 0 spiro atoms. The summed E-state index contributed by atoms with van der Waals surface area (Å²) in [6.07, 6.45) is 6.12. The summed E-state index contributed by atoms with van der Waals surface area (Å²) < 4.78 is 12.2. The van der Waals surface area contributed by atoms with Gasteiger partial charge in [-0.3, -0.25) is 14.3 Å². The standard InChI is InChI=1S/C23H24N4O4S/c1-30-16-8-9-18(20(11-16)31-2)25-21(28)14-32-22-17-6-3-7-19(17)27(23(29)26-22)13-15-5-4-10-24-12-15/h4-5,8-12H,3,6-7,13-14H2,1-2H3,(H,25,28). The third-order valence-electron chi connectivity index (χ3n) is 5.29. The van der Waals surface area contributed by atoms with Crippen molar-refractivity contribution in [3.05, 3.63) is 70.0 Å². The number of carbonyl (C=O) groups excluding carboxylic acids is 1. The first-order valence-electron chi connectivity index (χ1n) is 10.2. The summed E-state index contributed by atoms with van der Waals surface area (Å²) in [4.78, 5) is 33.8. The Morgan fingerprint density at radius 3 is 2.84 bits per heavy atom. The number of amides is 1. The summed E-state index contributed by atoms with van der Waals surface area (Å²) in [7, 11) is 3.10. The van der Waals surface area contributed by atoms with E-state index in [1.54, 1.807) is 42.3 Å². The second kappa shape index (κ2) is 9.86. The molecule has 0 saturated heterocycles. The minimum atomic E-state index is -0.297. The number of ether oxygens (including phenoxy) is 2. The number of nitrogens with one attached hydrogen (secondary N) is 1. The molecule has 1 amide bonds. The summed E-state index contributed by atoms with van der Waals surface area (Å²) in [5, 5.41) is 3.49. The van der Waals surface area contributed by atoms with Crippen molar-refractivity contribution in [2.24, 2.45) is 0 Å². The van der Waals surface area contributed by atoms with Crippen molar-refractivity contribution in [2.75, 3.05) is 25.3 Å². The molecule has 3 aromatic rings. The molecular formula is C23H24N4O4S. The largest absolute Gasteiger partial charge is 0.497 e. The van der Waals surface area contributed by atoms with Gasteiger partial charge in [0.2, 0.25) is 5.91 Å². The fourth-order valence-electron chi connectivity index (χ4n) is 3.76. The minimum absolute atomic E-state index is 0.140. The first-order chi connectivity index (χ1) is 15.6. The Balaban J connectivity index is 1.48. The van der Waals surface area contributed by atoms with Crippen LogP contribution in [-0.2, 0) is 24.2 Å². The normalized spacial score (nSPS) is 12.3. The Hall–Kier alpha value is -3.33. The maximum absolute atomic E-state index is 12.8. The van der Waals surface area contributed by atoms with Crippen LogP contribution in [-0.4, -0.2) is 40.4 Å². The smallest absolute Gasteiger partial charge is 0.349 e. The maximum atomic E-state index is 12.8. The van der Waals surface area contributed by atoms with Crippen molar-refractivity contribution in [3.63, 3.8) is 0 Å². The van der Waals surface area contributed by atoms with Crippen molar-refractivity contribution in [3.8, 4) is 11.5 Å². The number of carbonyl (C=O) groups is 1. The lowest BCUT2D eigenvalue weighted by molar-refractivity contribution is -0.113. The molecule has 0 radical (unpaired) electrons. The monoisotopic (exact) mass is 452 g/mol. The van der Waals surface area contributed by atoms with Crippen molar-refractivity contribution in [1.82, 2.24) is 14.5 Å². The van der Waals surface area contributed by atoms with Crippen LogP contribution in [0, 0.1) is 0 Å². The highest BCUT2D eigenvalue weighted by Crippen LogP contribution is 2.31. The lowest BCUT2D eigenvalue weighted by Gasteiger charge is -2.14. The van der Waals surface area contributed by atoms with Crippen LogP contribution in [0.4, 0.5) is 5.69 Å². The predicted octanol–water partition coefficient (Wildman–Crippen LogP) is 2.92. The molecule has 0 saturated carbocycles. The molecule has 0 aliphatic heterocycles. The van der Waals surface area contributed by atoms with E-state index in [9.17, 15) is 9.59 Å². The van der Waals surface area contributed by atoms with Crippen LogP contribution in [0.2, 0.25) is 0 Å². The van der Waals surface area contributed by atoms with Gasteiger partial charge < -0.3 is 14.8 Å². The van der Waals surface area contributed by atoms with Crippen LogP contribution in [0.15, 0.2) is 52.5 Å². The number of pyridine rings is 1. The molecule has 9 heteroatoms. The zero-order chi connectivity index (χ0) is 22.5. The molecule has 166 valence electrons. The van der Waals surface area contributed by atoms with E-state index < -0.39 is 0 Å². The molecule has 1 N–H and O–H groups in total. The van der Waals surface area contributed by atoms with Gasteiger partial charge in [-0.2, -0.15) is 4.98 Å². The fraction of sp³-hybridized carbons (Fsp3) is 0.304. The quantitative estimate of drug-likeness (QED) is 0.415. The number of aromatic nitrogens is 3. The van der Waals surface area contributed by atoms with E-state index in [1.165, 1.54) is 18.9 Å². The fourth-order valence-corrected chi connectivity index (χ4v) is 4.64. The van der Waals surface area contributed by atoms with E-state index in [2.05, 4.69) is 15.3 Å². The molecule has 0 fully saturated rings. The molecule has 0 atom stereocenters. The summed E-state index contributed by atoms with van der Waals surface area (Å²) in [5.74, 6) is 1.09. The molecular weight excluding hydrogens is 428 g/mol.